The highest BCUT2D eigenvalue weighted by Crippen LogP contribution is 2.21. The Bertz CT molecular complexity index is 68.2. The third kappa shape index (κ3) is 2.11. The molecule has 0 aromatic rings. The summed E-state index contributed by atoms with van der Waals surface area (Å²) in [5.41, 5.74) is 0. The Morgan fingerprint density at radius 3 is 1.75 bits per heavy atom. The first kappa shape index (κ1) is 7.68. The largest absolute Gasteiger partial charge is 0.421 e. The second-order valence-corrected chi connectivity index (χ2v) is 1.19. The first-order chi connectivity index (χ1) is 3.48. The van der Waals surface area contributed by atoms with Gasteiger partial charge >= 0.3 is 6.18 Å². The minimum absolute atomic E-state index is 1.50. The normalized spacial score (nSPS) is 16.1. The lowest BCUT2D eigenvalue weighted by atomic mass is 10.4. The van der Waals surface area contributed by atoms with Gasteiger partial charge in [0.2, 0.25) is 6.17 Å². The van der Waals surface area contributed by atoms with Crippen molar-refractivity contribution in [1.82, 2.24) is 0 Å². The lowest BCUT2D eigenvalue weighted by molar-refractivity contribution is -0.189. The van der Waals surface area contributed by atoms with Crippen LogP contribution in [0.2, 0.25) is 0 Å². The summed E-state index contributed by atoms with van der Waals surface area (Å²) in [5, 5.41) is 7.58. The monoisotopic (exact) mass is 132 g/mol. The number of alkyl halides is 4. The molecule has 0 fully saturated rings. The van der Waals surface area contributed by atoms with E-state index in [0.29, 0.717) is 0 Å². The highest BCUT2D eigenvalue weighted by Gasteiger charge is 2.39. The van der Waals surface area contributed by atoms with E-state index in [4.69, 9.17) is 5.11 Å². The Morgan fingerprint density at radius 1 is 1.38 bits per heavy atom. The topological polar surface area (TPSA) is 20.2 Å². The average molecular weight is 132 g/mol. The minimum Gasteiger partial charge on any atom is -0.393 e. The molecular formula is C3H4F4O. The molecule has 1 unspecified atom stereocenters. The van der Waals surface area contributed by atoms with Crippen molar-refractivity contribution in [2.45, 2.75) is 12.3 Å². The van der Waals surface area contributed by atoms with E-state index in [-0.39, 0.29) is 0 Å². The quantitative estimate of drug-likeness (QED) is 0.525. The van der Waals surface area contributed by atoms with Gasteiger partial charge in [-0.15, -0.1) is 0 Å². The summed E-state index contributed by atoms with van der Waals surface area (Å²) >= 11 is 0. The van der Waals surface area contributed by atoms with Gasteiger partial charge in [-0.3, -0.25) is 0 Å². The van der Waals surface area contributed by atoms with Gasteiger partial charge in [-0.25, -0.2) is 4.39 Å². The highest BCUT2D eigenvalue weighted by atomic mass is 19.4. The van der Waals surface area contributed by atoms with E-state index in [1.165, 1.54) is 0 Å². The molecule has 0 aliphatic carbocycles. The molecular weight excluding hydrogens is 128 g/mol. The van der Waals surface area contributed by atoms with Crippen molar-refractivity contribution in [2.24, 2.45) is 0 Å². The predicted molar refractivity (Wildman–Crippen MR) is 18.0 cm³/mol. The van der Waals surface area contributed by atoms with E-state index in [1.807, 2.05) is 0 Å². The van der Waals surface area contributed by atoms with Crippen LogP contribution in [0.1, 0.15) is 0 Å². The minimum atomic E-state index is -4.91. The second kappa shape index (κ2) is 2.30. The smallest absolute Gasteiger partial charge is 0.393 e. The number of hydrogen-bond acceptors (Lipinski definition) is 1. The third-order valence-corrected chi connectivity index (χ3v) is 0.515. The standard InChI is InChI=1S/C3H4F4O/c4-2(1-8)3(5,6)7/h2,8H,1H2. The van der Waals surface area contributed by atoms with Crippen LogP contribution < -0.4 is 0 Å². The summed E-state index contributed by atoms with van der Waals surface area (Å²) in [6.45, 7) is -1.50. The molecule has 1 nitrogen and oxygen atoms in total. The van der Waals surface area contributed by atoms with Gasteiger partial charge in [0, 0.05) is 0 Å². The molecule has 0 heterocycles. The fourth-order valence-corrected chi connectivity index (χ4v) is 0.104. The van der Waals surface area contributed by atoms with E-state index in [0.717, 1.165) is 0 Å². The fraction of sp³-hybridized carbons (Fsp3) is 1.00. The zero-order valence-electron chi connectivity index (χ0n) is 3.74. The molecule has 0 spiro atoms. The van der Waals surface area contributed by atoms with E-state index in [9.17, 15) is 17.6 Å². The van der Waals surface area contributed by atoms with Crippen LogP contribution in [0.5, 0.6) is 0 Å². The lowest BCUT2D eigenvalue weighted by Crippen LogP contribution is -2.27. The number of aliphatic hydroxyl groups excluding tert-OH is 1. The van der Waals surface area contributed by atoms with Gasteiger partial charge in [0.05, 0.1) is 6.61 Å². The molecule has 0 aromatic carbocycles. The summed E-state index contributed by atoms with van der Waals surface area (Å²) in [4.78, 5) is 0. The number of rotatable bonds is 1. The van der Waals surface area contributed by atoms with E-state index >= 15 is 0 Å². The maximum Gasteiger partial charge on any atom is 0.421 e. The number of halogens is 4. The van der Waals surface area contributed by atoms with Crippen LogP contribution in [0, 0.1) is 0 Å². The Labute approximate surface area is 42.9 Å². The van der Waals surface area contributed by atoms with Gasteiger partial charge in [-0.2, -0.15) is 13.2 Å². The van der Waals surface area contributed by atoms with Gasteiger partial charge in [-0.05, 0) is 0 Å². The zero-order valence-corrected chi connectivity index (χ0v) is 3.74. The van der Waals surface area contributed by atoms with Crippen molar-refractivity contribution in [3.63, 3.8) is 0 Å². The van der Waals surface area contributed by atoms with Crippen molar-refractivity contribution in [1.29, 1.82) is 0 Å². The van der Waals surface area contributed by atoms with Crippen LogP contribution in [0.15, 0.2) is 0 Å². The van der Waals surface area contributed by atoms with E-state index in [2.05, 4.69) is 0 Å². The summed E-state index contributed by atoms with van der Waals surface area (Å²) in [6, 6.07) is 0. The number of aliphatic hydroxyl groups is 1. The van der Waals surface area contributed by atoms with Gasteiger partial charge in [0.1, 0.15) is 0 Å². The van der Waals surface area contributed by atoms with Crippen molar-refractivity contribution >= 4 is 0 Å². The molecule has 0 aliphatic heterocycles. The molecule has 1 N–H and O–H groups in total. The van der Waals surface area contributed by atoms with Crippen LogP contribution in [-0.4, -0.2) is 24.1 Å². The number of hydrogen-bond donors (Lipinski definition) is 1. The zero-order chi connectivity index (χ0) is 6.78. The van der Waals surface area contributed by atoms with Crippen molar-refractivity contribution < 1.29 is 22.7 Å². The lowest BCUT2D eigenvalue weighted by Gasteiger charge is -2.07. The van der Waals surface area contributed by atoms with Crippen LogP contribution in [-0.2, 0) is 0 Å². The van der Waals surface area contributed by atoms with Gasteiger partial charge in [0.25, 0.3) is 0 Å². The van der Waals surface area contributed by atoms with E-state index < -0.39 is 19.0 Å². The van der Waals surface area contributed by atoms with Crippen LogP contribution in [0.3, 0.4) is 0 Å². The fourth-order valence-electron chi connectivity index (χ4n) is 0.104. The molecule has 5 heteroatoms. The molecule has 0 saturated heterocycles. The highest BCUT2D eigenvalue weighted by molar-refractivity contribution is 4.62. The maximum atomic E-state index is 11.3. The summed E-state index contributed by atoms with van der Waals surface area (Å²) in [5.74, 6) is 0. The molecule has 0 saturated carbocycles. The van der Waals surface area contributed by atoms with E-state index in [1.54, 1.807) is 0 Å². The molecule has 0 bridgehead atoms. The molecule has 50 valence electrons. The molecule has 0 rings (SSSR count). The predicted octanol–water partition coefficient (Wildman–Crippen LogP) is 0.879. The first-order valence-electron chi connectivity index (χ1n) is 1.80. The molecule has 8 heavy (non-hydrogen) atoms. The molecule has 0 aliphatic rings. The van der Waals surface area contributed by atoms with Crippen LogP contribution in [0.4, 0.5) is 17.6 Å². The van der Waals surface area contributed by atoms with Crippen molar-refractivity contribution in [2.75, 3.05) is 6.61 Å². The molecule has 0 radical (unpaired) electrons. The van der Waals surface area contributed by atoms with Crippen LogP contribution >= 0.6 is 0 Å². The van der Waals surface area contributed by atoms with Gasteiger partial charge in [-0.1, -0.05) is 0 Å². The molecule has 0 amide bonds. The SMILES string of the molecule is OCC(F)C(F)(F)F. The first-order valence-corrected chi connectivity index (χ1v) is 1.80. The molecule has 1 atom stereocenters. The summed E-state index contributed by atoms with van der Waals surface area (Å²) in [7, 11) is 0. The third-order valence-electron chi connectivity index (χ3n) is 0.515. The summed E-state index contributed by atoms with van der Waals surface area (Å²) in [6.07, 6.45) is -8.00. The Kier molecular flexibility index (Phi) is 2.21. The Hall–Kier alpha value is -0.320. The van der Waals surface area contributed by atoms with Crippen molar-refractivity contribution in [3.8, 4) is 0 Å². The maximum absolute atomic E-state index is 11.3. The van der Waals surface area contributed by atoms with Crippen molar-refractivity contribution in [3.05, 3.63) is 0 Å². The second-order valence-electron chi connectivity index (χ2n) is 1.19. The van der Waals surface area contributed by atoms with Gasteiger partial charge in [0.15, 0.2) is 0 Å². The molecule has 0 aromatic heterocycles. The Morgan fingerprint density at radius 2 is 1.75 bits per heavy atom. The summed E-state index contributed by atoms with van der Waals surface area (Å²) < 4.78 is 44.0. The van der Waals surface area contributed by atoms with Gasteiger partial charge < -0.3 is 5.11 Å². The Balaban J connectivity index is 3.62. The average Bonchev–Trinajstić information content (AvgIpc) is 1.62. The van der Waals surface area contributed by atoms with Crippen LogP contribution in [0.25, 0.3) is 0 Å².